The van der Waals surface area contributed by atoms with E-state index in [0.717, 1.165) is 25.9 Å². The van der Waals surface area contributed by atoms with Crippen molar-refractivity contribution in [2.24, 2.45) is 0 Å². The summed E-state index contributed by atoms with van der Waals surface area (Å²) in [6.07, 6.45) is 3.08. The predicted octanol–water partition coefficient (Wildman–Crippen LogP) is 2.63. The Morgan fingerprint density at radius 3 is 2.47 bits per heavy atom. The number of nitrogens with two attached hydrogens (primary N) is 1. The molecule has 0 aromatic heterocycles. The standard InChI is InChI=1S/C14H22N2O2.ClH/c1-2-3-10-18-11-4-9-16-14(17)12-5-7-13(15)8-6-12;/h5-8H,2-4,9-11,15H2,1H3,(H,16,17);1H. The van der Waals surface area contributed by atoms with Crippen molar-refractivity contribution < 1.29 is 9.53 Å². The molecule has 0 fully saturated rings. The van der Waals surface area contributed by atoms with Gasteiger partial charge >= 0.3 is 0 Å². The third-order valence-electron chi connectivity index (χ3n) is 2.57. The fourth-order valence-corrected chi connectivity index (χ4v) is 1.46. The van der Waals surface area contributed by atoms with Crippen molar-refractivity contribution in [1.29, 1.82) is 0 Å². The van der Waals surface area contributed by atoms with Crippen molar-refractivity contribution in [2.75, 3.05) is 25.5 Å². The molecule has 0 bridgehead atoms. The number of rotatable bonds is 8. The Hall–Kier alpha value is -1.26. The summed E-state index contributed by atoms with van der Waals surface area (Å²) in [5.41, 5.74) is 6.86. The van der Waals surface area contributed by atoms with E-state index in [9.17, 15) is 4.79 Å². The van der Waals surface area contributed by atoms with Crippen molar-refractivity contribution in [3.8, 4) is 0 Å². The lowest BCUT2D eigenvalue weighted by Crippen LogP contribution is -2.25. The van der Waals surface area contributed by atoms with Gasteiger partial charge in [0.1, 0.15) is 0 Å². The summed E-state index contributed by atoms with van der Waals surface area (Å²) >= 11 is 0. The van der Waals surface area contributed by atoms with E-state index in [-0.39, 0.29) is 18.3 Å². The monoisotopic (exact) mass is 286 g/mol. The number of unbranched alkanes of at least 4 members (excludes halogenated alkanes) is 1. The number of hydrogen-bond donors (Lipinski definition) is 2. The molecule has 1 amide bonds. The number of amides is 1. The smallest absolute Gasteiger partial charge is 0.251 e. The quantitative estimate of drug-likeness (QED) is 0.570. The molecule has 0 radical (unpaired) electrons. The largest absolute Gasteiger partial charge is 0.399 e. The number of nitrogens with one attached hydrogen (secondary N) is 1. The Labute approximate surface area is 121 Å². The summed E-state index contributed by atoms with van der Waals surface area (Å²) < 4.78 is 5.41. The second-order valence-corrected chi connectivity index (χ2v) is 4.20. The molecule has 108 valence electrons. The zero-order valence-corrected chi connectivity index (χ0v) is 12.2. The molecule has 0 atom stereocenters. The molecule has 0 aliphatic rings. The number of nitrogen functional groups attached to an aromatic ring is 1. The van der Waals surface area contributed by atoms with Gasteiger partial charge in [0.15, 0.2) is 0 Å². The highest BCUT2D eigenvalue weighted by Gasteiger charge is 2.03. The molecule has 0 saturated heterocycles. The van der Waals surface area contributed by atoms with Gasteiger partial charge in [0, 0.05) is 31.0 Å². The van der Waals surface area contributed by atoms with Crippen LogP contribution in [-0.4, -0.2) is 25.7 Å². The number of ether oxygens (including phenoxy) is 1. The van der Waals surface area contributed by atoms with Gasteiger partial charge < -0.3 is 15.8 Å². The van der Waals surface area contributed by atoms with Crippen LogP contribution in [0, 0.1) is 0 Å². The molecule has 19 heavy (non-hydrogen) atoms. The molecule has 0 unspecified atom stereocenters. The third-order valence-corrected chi connectivity index (χ3v) is 2.57. The normalized spacial score (nSPS) is 9.74. The number of anilines is 1. The van der Waals surface area contributed by atoms with E-state index in [0.29, 0.717) is 24.4 Å². The SMILES string of the molecule is CCCCOCCCNC(=O)c1ccc(N)cc1.Cl. The lowest BCUT2D eigenvalue weighted by atomic mass is 10.2. The van der Waals surface area contributed by atoms with Gasteiger partial charge in [-0.3, -0.25) is 4.79 Å². The third kappa shape index (κ3) is 7.70. The molecule has 1 rings (SSSR count). The van der Waals surface area contributed by atoms with Crippen molar-refractivity contribution in [3.63, 3.8) is 0 Å². The van der Waals surface area contributed by atoms with Crippen LogP contribution < -0.4 is 11.1 Å². The van der Waals surface area contributed by atoms with Crippen LogP contribution in [0.3, 0.4) is 0 Å². The van der Waals surface area contributed by atoms with Crippen molar-refractivity contribution >= 4 is 24.0 Å². The second-order valence-electron chi connectivity index (χ2n) is 4.20. The van der Waals surface area contributed by atoms with Gasteiger partial charge in [0.25, 0.3) is 5.91 Å². The lowest BCUT2D eigenvalue weighted by molar-refractivity contribution is 0.0940. The van der Waals surface area contributed by atoms with Crippen LogP contribution in [0.15, 0.2) is 24.3 Å². The second kappa shape index (κ2) is 10.6. The average Bonchev–Trinajstić information content (AvgIpc) is 2.38. The first-order valence-corrected chi connectivity index (χ1v) is 6.45. The first-order valence-electron chi connectivity index (χ1n) is 6.45. The summed E-state index contributed by atoms with van der Waals surface area (Å²) in [6.45, 7) is 4.27. The molecular formula is C14H23ClN2O2. The van der Waals surface area contributed by atoms with Gasteiger partial charge in [0.2, 0.25) is 0 Å². The minimum atomic E-state index is -0.0661. The number of halogens is 1. The zero-order valence-electron chi connectivity index (χ0n) is 11.4. The summed E-state index contributed by atoms with van der Waals surface area (Å²) in [5, 5.41) is 2.85. The van der Waals surface area contributed by atoms with Gasteiger partial charge in [-0.2, -0.15) is 0 Å². The topological polar surface area (TPSA) is 64.3 Å². The van der Waals surface area contributed by atoms with E-state index < -0.39 is 0 Å². The van der Waals surface area contributed by atoms with E-state index in [2.05, 4.69) is 12.2 Å². The fraction of sp³-hybridized carbons (Fsp3) is 0.500. The molecule has 0 spiro atoms. The van der Waals surface area contributed by atoms with E-state index in [1.54, 1.807) is 24.3 Å². The van der Waals surface area contributed by atoms with Crippen LogP contribution in [-0.2, 0) is 4.74 Å². The number of carbonyl (C=O) groups excluding carboxylic acids is 1. The molecule has 1 aromatic carbocycles. The summed E-state index contributed by atoms with van der Waals surface area (Å²) in [7, 11) is 0. The number of carbonyl (C=O) groups is 1. The van der Waals surface area contributed by atoms with E-state index in [1.165, 1.54) is 0 Å². The van der Waals surface area contributed by atoms with Crippen LogP contribution in [0.4, 0.5) is 5.69 Å². The van der Waals surface area contributed by atoms with E-state index >= 15 is 0 Å². The molecule has 0 aliphatic carbocycles. The Morgan fingerprint density at radius 2 is 1.84 bits per heavy atom. The molecule has 5 heteroatoms. The maximum Gasteiger partial charge on any atom is 0.251 e. The summed E-state index contributed by atoms with van der Waals surface area (Å²) in [5.74, 6) is -0.0661. The van der Waals surface area contributed by atoms with Crippen LogP contribution >= 0.6 is 12.4 Å². The van der Waals surface area contributed by atoms with Gasteiger partial charge in [-0.05, 0) is 37.1 Å². The van der Waals surface area contributed by atoms with Gasteiger partial charge in [-0.25, -0.2) is 0 Å². The minimum absolute atomic E-state index is 0. The van der Waals surface area contributed by atoms with E-state index in [4.69, 9.17) is 10.5 Å². The van der Waals surface area contributed by atoms with Crippen molar-refractivity contribution in [3.05, 3.63) is 29.8 Å². The highest BCUT2D eigenvalue weighted by molar-refractivity contribution is 5.94. The number of hydrogen-bond acceptors (Lipinski definition) is 3. The molecule has 0 heterocycles. The molecule has 0 saturated carbocycles. The summed E-state index contributed by atoms with van der Waals surface area (Å²) in [4.78, 5) is 11.7. The fourth-order valence-electron chi connectivity index (χ4n) is 1.46. The lowest BCUT2D eigenvalue weighted by Gasteiger charge is -2.06. The van der Waals surface area contributed by atoms with Crippen LogP contribution in [0.2, 0.25) is 0 Å². The Morgan fingerprint density at radius 1 is 1.21 bits per heavy atom. The average molecular weight is 287 g/mol. The van der Waals surface area contributed by atoms with Crippen LogP contribution in [0.5, 0.6) is 0 Å². The summed E-state index contributed by atoms with van der Waals surface area (Å²) in [6, 6.07) is 6.90. The van der Waals surface area contributed by atoms with Crippen LogP contribution in [0.1, 0.15) is 36.5 Å². The molecular weight excluding hydrogens is 264 g/mol. The molecule has 1 aromatic rings. The first kappa shape index (κ1) is 17.7. The Bertz CT molecular complexity index is 355. The Kier molecular flexibility index (Phi) is 9.94. The Balaban J connectivity index is 0.00000324. The van der Waals surface area contributed by atoms with Gasteiger partial charge in [-0.15, -0.1) is 12.4 Å². The van der Waals surface area contributed by atoms with E-state index in [1.807, 2.05) is 0 Å². The maximum atomic E-state index is 11.7. The first-order chi connectivity index (χ1) is 8.74. The van der Waals surface area contributed by atoms with Gasteiger partial charge in [-0.1, -0.05) is 13.3 Å². The van der Waals surface area contributed by atoms with Crippen LogP contribution in [0.25, 0.3) is 0 Å². The molecule has 4 nitrogen and oxygen atoms in total. The number of benzene rings is 1. The molecule has 0 aliphatic heterocycles. The highest BCUT2D eigenvalue weighted by Crippen LogP contribution is 2.04. The van der Waals surface area contributed by atoms with Gasteiger partial charge in [0.05, 0.1) is 0 Å². The predicted molar refractivity (Wildman–Crippen MR) is 80.8 cm³/mol. The minimum Gasteiger partial charge on any atom is -0.399 e. The van der Waals surface area contributed by atoms with Crippen molar-refractivity contribution in [1.82, 2.24) is 5.32 Å². The maximum absolute atomic E-state index is 11.7. The molecule has 3 N–H and O–H groups in total. The zero-order chi connectivity index (χ0) is 13.2. The van der Waals surface area contributed by atoms with Crippen molar-refractivity contribution in [2.45, 2.75) is 26.2 Å². The highest BCUT2D eigenvalue weighted by atomic mass is 35.5.